The number of carbonyl (C=O) groups excluding carboxylic acids is 1. The molecule has 34 heavy (non-hydrogen) atoms. The SMILES string of the molecule is COc1ccc(/C=c2\sc3n(c2=O)[C@H](c2ccc(Cl)cc2)C(C(=O)OC(C)C)=C(C)N=3)cc1Br. The van der Waals surface area contributed by atoms with E-state index in [2.05, 4.69) is 20.9 Å². The number of carbonyl (C=O) groups is 1. The van der Waals surface area contributed by atoms with E-state index in [1.165, 1.54) is 11.3 Å². The summed E-state index contributed by atoms with van der Waals surface area (Å²) in [7, 11) is 1.60. The van der Waals surface area contributed by atoms with Crippen LogP contribution in [-0.4, -0.2) is 23.8 Å². The molecule has 3 aromatic rings. The number of methoxy groups -OCH3 is 1. The van der Waals surface area contributed by atoms with Crippen molar-refractivity contribution in [2.24, 2.45) is 4.99 Å². The van der Waals surface area contributed by atoms with Gasteiger partial charge in [0, 0.05) is 5.02 Å². The third-order valence-electron chi connectivity index (χ3n) is 5.24. The number of nitrogens with zero attached hydrogens (tertiary/aromatic N) is 2. The van der Waals surface area contributed by atoms with Gasteiger partial charge in [0.2, 0.25) is 0 Å². The molecule has 1 aliphatic rings. The molecule has 0 aliphatic carbocycles. The van der Waals surface area contributed by atoms with Gasteiger partial charge < -0.3 is 9.47 Å². The fourth-order valence-corrected chi connectivity index (χ4v) is 5.48. The summed E-state index contributed by atoms with van der Waals surface area (Å²) < 4.78 is 13.6. The summed E-state index contributed by atoms with van der Waals surface area (Å²) in [5.74, 6) is 0.204. The van der Waals surface area contributed by atoms with Crippen LogP contribution in [0, 0.1) is 0 Å². The lowest BCUT2D eigenvalue weighted by molar-refractivity contribution is -0.143. The molecular formula is C25H22BrClN2O4S. The first-order valence-corrected chi connectivity index (χ1v) is 12.5. The molecule has 0 fully saturated rings. The molecule has 0 bridgehead atoms. The zero-order valence-electron chi connectivity index (χ0n) is 19.0. The van der Waals surface area contributed by atoms with E-state index in [0.717, 1.165) is 15.6 Å². The first-order chi connectivity index (χ1) is 16.2. The lowest BCUT2D eigenvalue weighted by Crippen LogP contribution is -2.40. The molecule has 2 aromatic carbocycles. The maximum atomic E-state index is 13.6. The average molecular weight is 562 g/mol. The van der Waals surface area contributed by atoms with Crippen molar-refractivity contribution >= 4 is 50.9 Å². The van der Waals surface area contributed by atoms with Crippen molar-refractivity contribution in [2.75, 3.05) is 7.11 Å². The largest absolute Gasteiger partial charge is 0.496 e. The number of fused-ring (bicyclic) bond motifs is 1. The number of hydrogen-bond donors (Lipinski definition) is 0. The molecule has 6 nitrogen and oxygen atoms in total. The van der Waals surface area contributed by atoms with Gasteiger partial charge in [-0.1, -0.05) is 41.1 Å². The zero-order chi connectivity index (χ0) is 24.6. The summed E-state index contributed by atoms with van der Waals surface area (Å²) in [5.41, 5.74) is 2.19. The van der Waals surface area contributed by atoms with Crippen LogP contribution in [0.2, 0.25) is 5.02 Å². The molecule has 0 radical (unpaired) electrons. The van der Waals surface area contributed by atoms with Gasteiger partial charge in [-0.3, -0.25) is 9.36 Å². The Kier molecular flexibility index (Phi) is 7.12. The predicted molar refractivity (Wildman–Crippen MR) is 137 cm³/mol. The van der Waals surface area contributed by atoms with Crippen LogP contribution in [-0.2, 0) is 9.53 Å². The van der Waals surface area contributed by atoms with E-state index in [1.807, 2.05) is 30.3 Å². The quantitative estimate of drug-likeness (QED) is 0.427. The minimum Gasteiger partial charge on any atom is -0.496 e. The third-order valence-corrected chi connectivity index (χ3v) is 7.10. The number of aromatic nitrogens is 1. The van der Waals surface area contributed by atoms with E-state index in [0.29, 0.717) is 31.4 Å². The predicted octanol–water partition coefficient (Wildman–Crippen LogP) is 4.61. The van der Waals surface area contributed by atoms with Crippen LogP contribution in [0.25, 0.3) is 6.08 Å². The number of esters is 1. The second-order valence-electron chi connectivity index (χ2n) is 7.98. The molecule has 176 valence electrons. The molecule has 0 N–H and O–H groups in total. The number of benzene rings is 2. The lowest BCUT2D eigenvalue weighted by atomic mass is 9.96. The molecule has 1 aromatic heterocycles. The Labute approximate surface area is 213 Å². The smallest absolute Gasteiger partial charge is 0.338 e. The fraction of sp³-hybridized carbons (Fsp3) is 0.240. The number of hydrogen-bond acceptors (Lipinski definition) is 6. The van der Waals surface area contributed by atoms with Gasteiger partial charge in [0.15, 0.2) is 4.80 Å². The van der Waals surface area contributed by atoms with Gasteiger partial charge in [-0.2, -0.15) is 0 Å². The van der Waals surface area contributed by atoms with Crippen molar-refractivity contribution in [3.05, 3.63) is 94.0 Å². The minimum atomic E-state index is -0.676. The van der Waals surface area contributed by atoms with Crippen molar-refractivity contribution in [1.29, 1.82) is 0 Å². The first-order valence-electron chi connectivity index (χ1n) is 10.5. The average Bonchev–Trinajstić information content (AvgIpc) is 3.07. The highest BCUT2D eigenvalue weighted by atomic mass is 79.9. The van der Waals surface area contributed by atoms with Gasteiger partial charge in [-0.05, 0) is 78.2 Å². The van der Waals surface area contributed by atoms with E-state index >= 15 is 0 Å². The molecule has 9 heteroatoms. The van der Waals surface area contributed by atoms with E-state index in [9.17, 15) is 9.59 Å². The Morgan fingerprint density at radius 1 is 1.24 bits per heavy atom. The molecular weight excluding hydrogens is 540 g/mol. The highest BCUT2D eigenvalue weighted by molar-refractivity contribution is 9.10. The normalized spacial score (nSPS) is 15.9. The van der Waals surface area contributed by atoms with Gasteiger partial charge in [0.05, 0.1) is 39.5 Å². The van der Waals surface area contributed by atoms with Crippen molar-refractivity contribution in [3.8, 4) is 5.75 Å². The Morgan fingerprint density at radius 3 is 2.56 bits per heavy atom. The molecule has 0 saturated heterocycles. The Morgan fingerprint density at radius 2 is 1.94 bits per heavy atom. The topological polar surface area (TPSA) is 69.9 Å². The molecule has 1 aliphatic heterocycles. The van der Waals surface area contributed by atoms with Crippen molar-refractivity contribution in [2.45, 2.75) is 32.9 Å². The molecule has 0 unspecified atom stereocenters. The number of rotatable bonds is 5. The first kappa shape index (κ1) is 24.4. The van der Waals surface area contributed by atoms with Crippen LogP contribution in [0.3, 0.4) is 0 Å². The lowest BCUT2D eigenvalue weighted by Gasteiger charge is -2.25. The molecule has 0 spiro atoms. The van der Waals surface area contributed by atoms with Crippen LogP contribution in [0.5, 0.6) is 5.75 Å². The van der Waals surface area contributed by atoms with Crippen LogP contribution >= 0.6 is 38.9 Å². The monoisotopic (exact) mass is 560 g/mol. The zero-order valence-corrected chi connectivity index (χ0v) is 22.1. The maximum absolute atomic E-state index is 13.6. The summed E-state index contributed by atoms with van der Waals surface area (Å²) in [5, 5.41) is 0.563. The highest BCUT2D eigenvalue weighted by Crippen LogP contribution is 2.31. The van der Waals surface area contributed by atoms with E-state index in [-0.39, 0.29) is 11.7 Å². The van der Waals surface area contributed by atoms with Crippen molar-refractivity contribution in [3.63, 3.8) is 0 Å². The van der Waals surface area contributed by atoms with Gasteiger partial charge in [0.25, 0.3) is 5.56 Å². The maximum Gasteiger partial charge on any atom is 0.338 e. The summed E-state index contributed by atoms with van der Waals surface area (Å²) in [6.07, 6.45) is 1.50. The summed E-state index contributed by atoms with van der Waals surface area (Å²) >= 11 is 10.9. The van der Waals surface area contributed by atoms with Crippen LogP contribution in [0.4, 0.5) is 0 Å². The Balaban J connectivity index is 1.92. The Hall–Kier alpha value is -2.68. The second kappa shape index (κ2) is 9.90. The Bertz CT molecular complexity index is 1470. The van der Waals surface area contributed by atoms with Crippen LogP contribution < -0.4 is 19.6 Å². The molecule has 4 rings (SSSR count). The van der Waals surface area contributed by atoms with Crippen molar-refractivity contribution < 1.29 is 14.3 Å². The molecule has 2 heterocycles. The highest BCUT2D eigenvalue weighted by Gasteiger charge is 2.33. The summed E-state index contributed by atoms with van der Waals surface area (Å²) in [6.45, 7) is 5.33. The van der Waals surface area contributed by atoms with E-state index in [1.54, 1.807) is 50.7 Å². The number of halogens is 2. The van der Waals surface area contributed by atoms with Crippen LogP contribution in [0.15, 0.2) is 68.0 Å². The van der Waals surface area contributed by atoms with E-state index < -0.39 is 12.0 Å². The number of ether oxygens (including phenoxy) is 2. The van der Waals surface area contributed by atoms with Gasteiger partial charge in [-0.25, -0.2) is 9.79 Å². The summed E-state index contributed by atoms with van der Waals surface area (Å²) in [6, 6.07) is 12.0. The van der Waals surface area contributed by atoms with Gasteiger partial charge in [-0.15, -0.1) is 0 Å². The number of allylic oxidation sites excluding steroid dienone is 1. The standard InChI is InChI=1S/C25H22BrClN2O4S/c1-13(2)33-24(31)21-14(3)28-25-29(22(21)16-6-8-17(27)9-7-16)23(30)20(34-25)12-15-5-10-19(32-4)18(26)11-15/h5-13,22H,1-4H3/b20-12-/t22-/m1/s1. The van der Waals surface area contributed by atoms with Gasteiger partial charge >= 0.3 is 5.97 Å². The third kappa shape index (κ3) is 4.76. The minimum absolute atomic E-state index is 0.238. The van der Waals surface area contributed by atoms with Crippen molar-refractivity contribution in [1.82, 2.24) is 4.57 Å². The van der Waals surface area contributed by atoms with Gasteiger partial charge in [0.1, 0.15) is 5.75 Å². The summed E-state index contributed by atoms with van der Waals surface area (Å²) in [4.78, 5) is 31.8. The molecule has 0 saturated carbocycles. The molecule has 0 amide bonds. The number of thiazole rings is 1. The van der Waals surface area contributed by atoms with Crippen LogP contribution in [0.1, 0.15) is 37.9 Å². The van der Waals surface area contributed by atoms with E-state index in [4.69, 9.17) is 21.1 Å². The fourth-order valence-electron chi connectivity index (χ4n) is 3.74. The molecule has 1 atom stereocenters. The second-order valence-corrected chi connectivity index (χ2v) is 10.3.